The number of hydrogen-bond donors (Lipinski definition) is 1. The molecule has 2 N–H and O–H groups in total. The quantitative estimate of drug-likeness (QED) is 0.561. The highest BCUT2D eigenvalue weighted by Crippen LogP contribution is 2.15. The SMILES string of the molecule is CC(C(=O)OCN)c1ccccc1. The van der Waals surface area contributed by atoms with Gasteiger partial charge in [-0.05, 0) is 12.5 Å². The number of nitrogens with two attached hydrogens (primary N) is 1. The molecule has 1 unspecified atom stereocenters. The Labute approximate surface area is 77.5 Å². The van der Waals surface area contributed by atoms with Crippen molar-refractivity contribution in [2.45, 2.75) is 12.8 Å². The largest absolute Gasteiger partial charge is 0.450 e. The molecule has 0 aliphatic carbocycles. The average molecular weight is 179 g/mol. The number of esters is 1. The van der Waals surface area contributed by atoms with E-state index in [9.17, 15) is 4.79 Å². The van der Waals surface area contributed by atoms with Crippen LogP contribution in [-0.4, -0.2) is 12.7 Å². The predicted molar refractivity (Wildman–Crippen MR) is 50.0 cm³/mol. The van der Waals surface area contributed by atoms with Crippen molar-refractivity contribution in [1.29, 1.82) is 0 Å². The van der Waals surface area contributed by atoms with Crippen molar-refractivity contribution < 1.29 is 9.53 Å². The van der Waals surface area contributed by atoms with Gasteiger partial charge >= 0.3 is 5.97 Å². The van der Waals surface area contributed by atoms with Crippen LogP contribution in [0.4, 0.5) is 0 Å². The van der Waals surface area contributed by atoms with Crippen LogP contribution in [0.25, 0.3) is 0 Å². The van der Waals surface area contributed by atoms with E-state index < -0.39 is 0 Å². The molecule has 0 spiro atoms. The molecule has 0 saturated carbocycles. The normalized spacial score (nSPS) is 12.2. The molecule has 0 saturated heterocycles. The number of carbonyl (C=O) groups excluding carboxylic acids is 1. The van der Waals surface area contributed by atoms with Gasteiger partial charge in [0.1, 0.15) is 6.73 Å². The maximum Gasteiger partial charge on any atom is 0.314 e. The average Bonchev–Trinajstić information content (AvgIpc) is 2.18. The molecule has 0 aromatic heterocycles. The number of hydrogen-bond acceptors (Lipinski definition) is 3. The molecule has 0 aliphatic rings. The van der Waals surface area contributed by atoms with E-state index in [0.29, 0.717) is 0 Å². The van der Waals surface area contributed by atoms with E-state index in [-0.39, 0.29) is 18.6 Å². The summed E-state index contributed by atoms with van der Waals surface area (Å²) in [5.74, 6) is -0.529. The van der Waals surface area contributed by atoms with Gasteiger partial charge in [-0.2, -0.15) is 0 Å². The summed E-state index contributed by atoms with van der Waals surface area (Å²) in [4.78, 5) is 11.2. The van der Waals surface area contributed by atoms with Crippen molar-refractivity contribution >= 4 is 5.97 Å². The van der Waals surface area contributed by atoms with Gasteiger partial charge in [-0.15, -0.1) is 0 Å². The van der Waals surface area contributed by atoms with Gasteiger partial charge in [-0.3, -0.25) is 10.5 Å². The second kappa shape index (κ2) is 4.62. The van der Waals surface area contributed by atoms with Gasteiger partial charge in [0.2, 0.25) is 0 Å². The number of carbonyl (C=O) groups is 1. The highest BCUT2D eigenvalue weighted by Gasteiger charge is 2.15. The molecule has 0 aliphatic heterocycles. The zero-order chi connectivity index (χ0) is 9.68. The predicted octanol–water partition coefficient (Wildman–Crippen LogP) is 1.25. The fraction of sp³-hybridized carbons (Fsp3) is 0.300. The minimum absolute atomic E-state index is 0.0595. The molecule has 13 heavy (non-hydrogen) atoms. The lowest BCUT2D eigenvalue weighted by atomic mass is 10.0. The summed E-state index contributed by atoms with van der Waals surface area (Å²) in [5.41, 5.74) is 6.05. The Morgan fingerprint density at radius 1 is 1.46 bits per heavy atom. The number of benzene rings is 1. The van der Waals surface area contributed by atoms with E-state index in [1.54, 1.807) is 6.92 Å². The third-order valence-corrected chi connectivity index (χ3v) is 1.88. The number of ether oxygens (including phenoxy) is 1. The minimum Gasteiger partial charge on any atom is -0.450 e. The van der Waals surface area contributed by atoms with Crippen LogP contribution in [0.2, 0.25) is 0 Å². The Kier molecular flexibility index (Phi) is 3.46. The fourth-order valence-corrected chi connectivity index (χ4v) is 1.08. The number of rotatable bonds is 3. The Morgan fingerprint density at radius 3 is 2.62 bits per heavy atom. The fourth-order valence-electron chi connectivity index (χ4n) is 1.08. The molecule has 1 aromatic rings. The maximum atomic E-state index is 11.2. The first kappa shape index (κ1) is 9.74. The highest BCUT2D eigenvalue weighted by atomic mass is 16.5. The standard InChI is InChI=1S/C10H13NO2/c1-8(10(12)13-7-11)9-5-3-2-4-6-9/h2-6,8H,7,11H2,1H3. The molecular formula is C10H13NO2. The van der Waals surface area contributed by atoms with Gasteiger partial charge in [0.25, 0.3) is 0 Å². The van der Waals surface area contributed by atoms with Gasteiger partial charge in [-0.25, -0.2) is 0 Å². The maximum absolute atomic E-state index is 11.2. The molecule has 1 atom stereocenters. The molecular weight excluding hydrogens is 166 g/mol. The zero-order valence-electron chi connectivity index (χ0n) is 7.57. The lowest BCUT2D eigenvalue weighted by Gasteiger charge is -2.09. The smallest absolute Gasteiger partial charge is 0.314 e. The first-order chi connectivity index (χ1) is 6.25. The lowest BCUT2D eigenvalue weighted by Crippen LogP contribution is -2.17. The Balaban J connectivity index is 2.68. The molecule has 70 valence electrons. The molecule has 0 radical (unpaired) electrons. The Morgan fingerprint density at radius 2 is 2.08 bits per heavy atom. The topological polar surface area (TPSA) is 52.3 Å². The van der Waals surface area contributed by atoms with E-state index in [4.69, 9.17) is 10.5 Å². The third kappa shape index (κ3) is 2.56. The molecule has 0 fully saturated rings. The summed E-state index contributed by atoms with van der Waals surface area (Å²) < 4.78 is 4.70. The van der Waals surface area contributed by atoms with Gasteiger partial charge in [0, 0.05) is 0 Å². The summed E-state index contributed by atoms with van der Waals surface area (Å²) in [7, 11) is 0. The van der Waals surface area contributed by atoms with Gasteiger partial charge in [0.15, 0.2) is 0 Å². The van der Waals surface area contributed by atoms with E-state index in [0.717, 1.165) is 5.56 Å². The molecule has 3 nitrogen and oxygen atoms in total. The monoisotopic (exact) mass is 179 g/mol. The molecule has 0 bridgehead atoms. The van der Waals surface area contributed by atoms with Crippen LogP contribution in [0.15, 0.2) is 30.3 Å². The molecule has 1 aromatic carbocycles. The van der Waals surface area contributed by atoms with Crippen molar-refractivity contribution in [3.05, 3.63) is 35.9 Å². The molecule has 1 rings (SSSR count). The summed E-state index contributed by atoms with van der Waals surface area (Å²) in [6, 6.07) is 9.47. The van der Waals surface area contributed by atoms with Crippen LogP contribution < -0.4 is 5.73 Å². The van der Waals surface area contributed by atoms with E-state index in [1.165, 1.54) is 0 Å². The van der Waals surface area contributed by atoms with Crippen LogP contribution in [0.5, 0.6) is 0 Å². The van der Waals surface area contributed by atoms with Gasteiger partial charge in [-0.1, -0.05) is 30.3 Å². The summed E-state index contributed by atoms with van der Waals surface area (Å²) in [5, 5.41) is 0. The molecule has 0 heterocycles. The van der Waals surface area contributed by atoms with Gasteiger partial charge < -0.3 is 4.74 Å². The van der Waals surface area contributed by atoms with Crippen molar-refractivity contribution in [3.63, 3.8) is 0 Å². The molecule has 0 amide bonds. The zero-order valence-corrected chi connectivity index (χ0v) is 7.57. The Hall–Kier alpha value is -1.35. The minimum atomic E-state index is -0.284. The summed E-state index contributed by atoms with van der Waals surface area (Å²) in [6.45, 7) is 1.74. The van der Waals surface area contributed by atoms with Crippen molar-refractivity contribution in [3.8, 4) is 0 Å². The van der Waals surface area contributed by atoms with Gasteiger partial charge in [0.05, 0.1) is 5.92 Å². The van der Waals surface area contributed by atoms with E-state index in [1.807, 2.05) is 30.3 Å². The Bertz CT molecular complexity index is 272. The lowest BCUT2D eigenvalue weighted by molar-refractivity contribution is -0.144. The van der Waals surface area contributed by atoms with Crippen LogP contribution in [0, 0.1) is 0 Å². The summed E-state index contributed by atoms with van der Waals surface area (Å²) in [6.07, 6.45) is 0. The van der Waals surface area contributed by atoms with Crippen LogP contribution in [-0.2, 0) is 9.53 Å². The van der Waals surface area contributed by atoms with Crippen LogP contribution in [0.3, 0.4) is 0 Å². The highest BCUT2D eigenvalue weighted by molar-refractivity contribution is 5.77. The first-order valence-corrected chi connectivity index (χ1v) is 4.17. The second-order valence-corrected chi connectivity index (χ2v) is 2.76. The molecule has 3 heteroatoms. The van der Waals surface area contributed by atoms with Crippen molar-refractivity contribution in [2.75, 3.05) is 6.73 Å². The van der Waals surface area contributed by atoms with Crippen molar-refractivity contribution in [2.24, 2.45) is 5.73 Å². The third-order valence-electron chi connectivity index (χ3n) is 1.88. The first-order valence-electron chi connectivity index (χ1n) is 4.17. The van der Waals surface area contributed by atoms with E-state index >= 15 is 0 Å². The van der Waals surface area contributed by atoms with Crippen molar-refractivity contribution in [1.82, 2.24) is 0 Å². The second-order valence-electron chi connectivity index (χ2n) is 2.76. The summed E-state index contributed by atoms with van der Waals surface area (Å²) >= 11 is 0. The van der Waals surface area contributed by atoms with E-state index in [2.05, 4.69) is 0 Å². The van der Waals surface area contributed by atoms with Crippen LogP contribution >= 0.6 is 0 Å². The van der Waals surface area contributed by atoms with Crippen LogP contribution in [0.1, 0.15) is 18.4 Å².